The summed E-state index contributed by atoms with van der Waals surface area (Å²) < 4.78 is 64.1. The molecule has 182 valence electrons. The van der Waals surface area contributed by atoms with E-state index in [-0.39, 0.29) is 23.6 Å². The van der Waals surface area contributed by atoms with Gasteiger partial charge < -0.3 is 5.32 Å². The van der Waals surface area contributed by atoms with Gasteiger partial charge in [-0.2, -0.15) is 13.2 Å². The first-order valence-electron chi connectivity index (χ1n) is 10.4. The molecule has 0 heterocycles. The lowest BCUT2D eigenvalue weighted by Gasteiger charge is -2.33. The lowest BCUT2D eigenvalue weighted by atomic mass is 9.81. The van der Waals surface area contributed by atoms with Gasteiger partial charge in [0.05, 0.1) is 24.1 Å². The van der Waals surface area contributed by atoms with Gasteiger partial charge in [-0.3, -0.25) is 9.10 Å². The van der Waals surface area contributed by atoms with Crippen molar-refractivity contribution in [1.29, 1.82) is 0 Å². The third-order valence-corrected chi connectivity index (χ3v) is 5.99. The minimum absolute atomic E-state index is 0.0358. The largest absolute Gasteiger partial charge is 0.416 e. The van der Waals surface area contributed by atoms with E-state index >= 15 is 0 Å². The van der Waals surface area contributed by atoms with E-state index in [1.807, 2.05) is 13.8 Å². The predicted molar refractivity (Wildman–Crippen MR) is 125 cm³/mol. The molecule has 1 amide bonds. The molecule has 0 aliphatic heterocycles. The first kappa shape index (κ1) is 26.7. The molecule has 0 radical (unpaired) electrons. The van der Waals surface area contributed by atoms with E-state index in [2.05, 4.69) is 26.1 Å². The number of halogens is 3. The van der Waals surface area contributed by atoms with Crippen molar-refractivity contribution in [2.75, 3.05) is 10.6 Å². The van der Waals surface area contributed by atoms with E-state index in [4.69, 9.17) is 0 Å². The van der Waals surface area contributed by atoms with Gasteiger partial charge in [-0.15, -0.1) is 0 Å². The third kappa shape index (κ3) is 8.07. The van der Waals surface area contributed by atoms with Crippen molar-refractivity contribution in [2.45, 2.75) is 59.3 Å². The zero-order valence-corrected chi connectivity index (χ0v) is 20.6. The van der Waals surface area contributed by atoms with Crippen LogP contribution in [-0.2, 0) is 22.7 Å². The Bertz CT molecular complexity index is 1070. The number of rotatable bonds is 7. The molecule has 33 heavy (non-hydrogen) atoms. The maximum absolute atomic E-state index is 12.8. The van der Waals surface area contributed by atoms with Crippen LogP contribution < -0.4 is 9.62 Å². The van der Waals surface area contributed by atoms with Crippen LogP contribution in [0.5, 0.6) is 0 Å². The molecule has 0 spiro atoms. The number of sulfonamides is 1. The quantitative estimate of drug-likeness (QED) is 0.555. The van der Waals surface area contributed by atoms with E-state index in [0.717, 1.165) is 41.2 Å². The molecule has 2 aromatic rings. The Kier molecular flexibility index (Phi) is 7.58. The zero-order chi connectivity index (χ0) is 25.2. The number of nitrogens with zero attached hydrogens (tertiary/aromatic N) is 1. The Morgan fingerprint density at radius 3 is 1.85 bits per heavy atom. The van der Waals surface area contributed by atoms with Crippen molar-refractivity contribution in [3.8, 4) is 0 Å². The highest BCUT2D eigenvalue weighted by atomic mass is 32.2. The Morgan fingerprint density at radius 2 is 1.42 bits per heavy atom. The van der Waals surface area contributed by atoms with E-state index in [1.54, 1.807) is 24.3 Å². The van der Waals surface area contributed by atoms with Crippen molar-refractivity contribution >= 4 is 21.6 Å². The molecule has 9 heteroatoms. The maximum atomic E-state index is 12.8. The summed E-state index contributed by atoms with van der Waals surface area (Å²) in [4.78, 5) is 12.7. The minimum Gasteiger partial charge on any atom is -0.347 e. The molecule has 0 saturated heterocycles. The predicted octanol–water partition coefficient (Wildman–Crippen LogP) is 5.62. The average Bonchev–Trinajstić information content (AvgIpc) is 2.62. The standard InChI is InChI=1S/C24H31F3N2O3S/c1-22(2,3)16-23(4,5)28-21(30)18-9-7-17(8-10-18)15-29(33(6,31)32)20-13-11-19(12-14-20)24(25,26)27/h7-14H,15-16H2,1-6H3,(H,28,30). The zero-order valence-electron chi connectivity index (χ0n) is 19.7. The SMILES string of the molecule is CC(C)(C)CC(C)(C)NC(=O)c1ccc(CN(c2ccc(C(F)(F)F)cc2)S(C)(=O)=O)cc1. The van der Waals surface area contributed by atoms with Crippen LogP contribution in [0.3, 0.4) is 0 Å². The number of amides is 1. The summed E-state index contributed by atoms with van der Waals surface area (Å²) in [7, 11) is -3.76. The second-order valence-corrected chi connectivity index (χ2v) is 12.0. The van der Waals surface area contributed by atoms with Crippen molar-refractivity contribution in [1.82, 2.24) is 5.32 Å². The van der Waals surface area contributed by atoms with Gasteiger partial charge in [-0.1, -0.05) is 32.9 Å². The number of benzene rings is 2. The van der Waals surface area contributed by atoms with Crippen LogP contribution in [-0.4, -0.2) is 26.1 Å². The van der Waals surface area contributed by atoms with Gasteiger partial charge in [0, 0.05) is 11.1 Å². The fourth-order valence-corrected chi connectivity index (χ4v) is 4.78. The number of nitrogens with one attached hydrogen (secondary N) is 1. The highest BCUT2D eigenvalue weighted by molar-refractivity contribution is 7.92. The summed E-state index contributed by atoms with van der Waals surface area (Å²) in [5.41, 5.74) is -0.0924. The number of alkyl halides is 3. The molecule has 0 unspecified atom stereocenters. The fraction of sp³-hybridized carbons (Fsp3) is 0.458. The smallest absolute Gasteiger partial charge is 0.347 e. The normalized spacial score (nSPS) is 13.0. The van der Waals surface area contributed by atoms with Gasteiger partial charge in [-0.25, -0.2) is 8.42 Å². The van der Waals surface area contributed by atoms with Crippen molar-refractivity contribution in [3.05, 3.63) is 65.2 Å². The van der Waals surface area contributed by atoms with Crippen LogP contribution >= 0.6 is 0 Å². The molecular weight excluding hydrogens is 453 g/mol. The molecule has 1 N–H and O–H groups in total. The highest BCUT2D eigenvalue weighted by Gasteiger charge is 2.31. The highest BCUT2D eigenvalue weighted by Crippen LogP contribution is 2.31. The molecule has 0 bridgehead atoms. The Labute approximate surface area is 194 Å². The number of carbonyl (C=O) groups excluding carboxylic acids is 1. The summed E-state index contributed by atoms with van der Waals surface area (Å²) in [5.74, 6) is -0.237. The molecule has 0 aliphatic carbocycles. The summed E-state index contributed by atoms with van der Waals surface area (Å²) in [6.45, 7) is 10.1. The van der Waals surface area contributed by atoms with Gasteiger partial charge in [-0.05, 0) is 67.6 Å². The molecule has 5 nitrogen and oxygen atoms in total. The van der Waals surface area contributed by atoms with E-state index in [1.165, 1.54) is 0 Å². The second kappa shape index (κ2) is 9.37. The monoisotopic (exact) mass is 484 g/mol. The number of hydrogen-bond acceptors (Lipinski definition) is 3. The first-order chi connectivity index (χ1) is 14.9. The second-order valence-electron chi connectivity index (χ2n) is 10.1. The van der Waals surface area contributed by atoms with Crippen LogP contribution in [0.1, 0.15) is 62.5 Å². The summed E-state index contributed by atoms with van der Waals surface area (Å²) in [6, 6.07) is 10.4. The molecule has 0 aromatic heterocycles. The topological polar surface area (TPSA) is 66.5 Å². The number of carbonyl (C=O) groups is 1. The molecule has 2 rings (SSSR count). The Hall–Kier alpha value is -2.55. The van der Waals surface area contributed by atoms with Crippen LogP contribution in [0.15, 0.2) is 48.5 Å². The van der Waals surface area contributed by atoms with Crippen LogP contribution in [0.4, 0.5) is 18.9 Å². The van der Waals surface area contributed by atoms with Gasteiger partial charge in [0.25, 0.3) is 5.91 Å². The third-order valence-electron chi connectivity index (χ3n) is 4.85. The number of hydrogen-bond donors (Lipinski definition) is 1. The minimum atomic E-state index is -4.51. The van der Waals surface area contributed by atoms with Gasteiger partial charge in [0.15, 0.2) is 0 Å². The van der Waals surface area contributed by atoms with Gasteiger partial charge in [0.1, 0.15) is 0 Å². The summed E-state index contributed by atoms with van der Waals surface area (Å²) in [6.07, 6.45) is -2.74. The number of anilines is 1. The molecule has 2 aromatic carbocycles. The molecular formula is C24H31F3N2O3S. The van der Waals surface area contributed by atoms with E-state index in [0.29, 0.717) is 11.1 Å². The van der Waals surface area contributed by atoms with Crippen molar-refractivity contribution in [3.63, 3.8) is 0 Å². The van der Waals surface area contributed by atoms with Gasteiger partial charge >= 0.3 is 6.18 Å². The van der Waals surface area contributed by atoms with Crippen LogP contribution in [0, 0.1) is 5.41 Å². The molecule has 0 aliphatic rings. The van der Waals surface area contributed by atoms with E-state index in [9.17, 15) is 26.4 Å². The Balaban J connectivity index is 2.19. The van der Waals surface area contributed by atoms with Crippen molar-refractivity contribution < 1.29 is 26.4 Å². The first-order valence-corrected chi connectivity index (χ1v) is 12.3. The van der Waals surface area contributed by atoms with Gasteiger partial charge in [0.2, 0.25) is 10.0 Å². The van der Waals surface area contributed by atoms with Crippen LogP contribution in [0.2, 0.25) is 0 Å². The van der Waals surface area contributed by atoms with E-state index < -0.39 is 27.3 Å². The van der Waals surface area contributed by atoms with Crippen LogP contribution in [0.25, 0.3) is 0 Å². The summed E-state index contributed by atoms with van der Waals surface area (Å²) in [5, 5.41) is 3.02. The van der Waals surface area contributed by atoms with Crippen molar-refractivity contribution in [2.24, 2.45) is 5.41 Å². The maximum Gasteiger partial charge on any atom is 0.416 e. The fourth-order valence-electron chi connectivity index (χ4n) is 3.89. The average molecular weight is 485 g/mol. The molecule has 0 atom stereocenters. The molecule has 0 fully saturated rings. The lowest BCUT2D eigenvalue weighted by Crippen LogP contribution is -2.45. The summed E-state index contributed by atoms with van der Waals surface area (Å²) >= 11 is 0. The lowest BCUT2D eigenvalue weighted by molar-refractivity contribution is -0.137. The Morgan fingerprint density at radius 1 is 0.909 bits per heavy atom. The molecule has 0 saturated carbocycles.